The number of nitrogens with one attached hydrogen (secondary N) is 1. The number of aromatic amines is 1. The van der Waals surface area contributed by atoms with E-state index in [4.69, 9.17) is 5.73 Å². The highest BCUT2D eigenvalue weighted by Gasteiger charge is 1.92. The number of rotatable bonds is 2. The molecule has 9 heavy (non-hydrogen) atoms. The van der Waals surface area contributed by atoms with Crippen LogP contribution in [0.3, 0.4) is 0 Å². The van der Waals surface area contributed by atoms with Crippen LogP contribution in [0.2, 0.25) is 0 Å². The summed E-state index contributed by atoms with van der Waals surface area (Å²) >= 11 is 0. The van der Waals surface area contributed by atoms with Gasteiger partial charge in [-0.3, -0.25) is 0 Å². The molecule has 0 aromatic carbocycles. The van der Waals surface area contributed by atoms with E-state index in [2.05, 4.69) is 11.6 Å². The maximum Gasteiger partial charge on any atom is 0.0419 e. The first-order valence-electron chi connectivity index (χ1n) is 2.86. The third-order valence-corrected chi connectivity index (χ3v) is 1.23. The smallest absolute Gasteiger partial charge is 0.0419 e. The second kappa shape index (κ2) is 2.51. The molecule has 1 aromatic heterocycles. The number of aromatic nitrogens is 1. The van der Waals surface area contributed by atoms with Crippen LogP contribution in [0.5, 0.6) is 0 Å². The zero-order valence-corrected chi connectivity index (χ0v) is 5.22. The van der Waals surface area contributed by atoms with Crippen LogP contribution in [0, 0.1) is 0 Å². The topological polar surface area (TPSA) is 41.8 Å². The fraction of sp³-hybridized carbons (Fsp3) is 0.143. The fourth-order valence-electron chi connectivity index (χ4n) is 0.660. The van der Waals surface area contributed by atoms with Gasteiger partial charge in [0, 0.05) is 18.4 Å². The van der Waals surface area contributed by atoms with Crippen molar-refractivity contribution in [1.82, 2.24) is 4.98 Å². The van der Waals surface area contributed by atoms with Crippen molar-refractivity contribution < 1.29 is 0 Å². The zero-order valence-electron chi connectivity index (χ0n) is 5.22. The second-order valence-corrected chi connectivity index (χ2v) is 1.89. The Bertz CT molecular complexity index is 187. The fourth-order valence-corrected chi connectivity index (χ4v) is 0.660. The lowest BCUT2D eigenvalue weighted by Crippen LogP contribution is -2.00. The Labute approximate surface area is 54.4 Å². The quantitative estimate of drug-likeness (QED) is 0.603. The Morgan fingerprint density at radius 2 is 2.56 bits per heavy atom. The highest BCUT2D eigenvalue weighted by atomic mass is 14.7. The lowest BCUT2D eigenvalue weighted by molar-refractivity contribution is 1.23. The largest absolute Gasteiger partial charge is 0.361 e. The predicted molar refractivity (Wildman–Crippen MR) is 38.9 cm³/mol. The summed E-state index contributed by atoms with van der Waals surface area (Å²) in [7, 11) is 0. The molecule has 0 amide bonds. The lowest BCUT2D eigenvalue weighted by Gasteiger charge is -1.95. The van der Waals surface area contributed by atoms with Gasteiger partial charge < -0.3 is 10.7 Å². The number of hydrogen-bond donors (Lipinski definition) is 2. The maximum atomic E-state index is 5.34. The highest BCUT2D eigenvalue weighted by Crippen LogP contribution is 2.05. The molecular formula is C7H10N2. The van der Waals surface area contributed by atoms with E-state index in [1.54, 1.807) is 0 Å². The molecule has 0 aliphatic heterocycles. The molecule has 48 valence electrons. The Balaban J connectivity index is 2.77. The van der Waals surface area contributed by atoms with Crippen LogP contribution in [-0.2, 0) is 0 Å². The minimum absolute atomic E-state index is 0.514. The van der Waals surface area contributed by atoms with E-state index in [0.29, 0.717) is 6.54 Å². The van der Waals surface area contributed by atoms with E-state index in [9.17, 15) is 0 Å². The molecule has 1 rings (SSSR count). The average molecular weight is 122 g/mol. The molecule has 0 saturated carbocycles. The van der Waals surface area contributed by atoms with E-state index in [-0.39, 0.29) is 0 Å². The summed E-state index contributed by atoms with van der Waals surface area (Å²) < 4.78 is 0. The molecular weight excluding hydrogens is 112 g/mol. The minimum Gasteiger partial charge on any atom is -0.361 e. The molecule has 3 N–H and O–H groups in total. The Kier molecular flexibility index (Phi) is 1.70. The van der Waals surface area contributed by atoms with Gasteiger partial charge >= 0.3 is 0 Å². The molecule has 0 atom stereocenters. The van der Waals surface area contributed by atoms with Gasteiger partial charge in [-0.2, -0.15) is 0 Å². The van der Waals surface area contributed by atoms with E-state index in [1.165, 1.54) is 0 Å². The molecule has 1 aromatic rings. The molecule has 0 aliphatic carbocycles. The second-order valence-electron chi connectivity index (χ2n) is 1.89. The van der Waals surface area contributed by atoms with Gasteiger partial charge in [-0.1, -0.05) is 6.58 Å². The van der Waals surface area contributed by atoms with Gasteiger partial charge in [0.15, 0.2) is 0 Å². The molecule has 0 unspecified atom stereocenters. The van der Waals surface area contributed by atoms with Crippen molar-refractivity contribution in [2.24, 2.45) is 5.73 Å². The summed E-state index contributed by atoms with van der Waals surface area (Å²) in [5, 5.41) is 0. The first kappa shape index (κ1) is 6.11. The normalized spacial score (nSPS) is 9.44. The molecule has 2 nitrogen and oxygen atoms in total. The van der Waals surface area contributed by atoms with Crippen molar-refractivity contribution >= 4 is 5.57 Å². The Hall–Kier alpha value is -1.02. The summed E-state index contributed by atoms with van der Waals surface area (Å²) in [6.07, 6.45) is 1.86. The first-order valence-corrected chi connectivity index (χ1v) is 2.86. The van der Waals surface area contributed by atoms with Gasteiger partial charge in [-0.25, -0.2) is 0 Å². The summed E-state index contributed by atoms with van der Waals surface area (Å²) in [4.78, 5) is 3.01. The van der Waals surface area contributed by atoms with Crippen LogP contribution < -0.4 is 5.73 Å². The van der Waals surface area contributed by atoms with Crippen LogP contribution in [0.1, 0.15) is 5.69 Å². The summed E-state index contributed by atoms with van der Waals surface area (Å²) in [6.45, 7) is 4.27. The summed E-state index contributed by atoms with van der Waals surface area (Å²) in [5.74, 6) is 0. The van der Waals surface area contributed by atoms with Crippen molar-refractivity contribution in [3.05, 3.63) is 30.6 Å². The molecule has 0 spiro atoms. The third kappa shape index (κ3) is 1.21. The third-order valence-electron chi connectivity index (χ3n) is 1.23. The molecule has 0 bridgehead atoms. The van der Waals surface area contributed by atoms with Gasteiger partial charge in [0.05, 0.1) is 0 Å². The van der Waals surface area contributed by atoms with E-state index in [1.807, 2.05) is 18.3 Å². The predicted octanol–water partition coefficient (Wildman–Crippen LogP) is 0.987. The number of nitrogens with two attached hydrogens (primary N) is 1. The highest BCUT2D eigenvalue weighted by molar-refractivity contribution is 5.61. The Morgan fingerprint density at radius 1 is 1.78 bits per heavy atom. The summed E-state index contributed by atoms with van der Waals surface area (Å²) in [6, 6.07) is 3.88. The Morgan fingerprint density at radius 3 is 3.00 bits per heavy atom. The average Bonchev–Trinajstić information content (AvgIpc) is 2.37. The van der Waals surface area contributed by atoms with E-state index in [0.717, 1.165) is 11.3 Å². The number of hydrogen-bond acceptors (Lipinski definition) is 1. The first-order chi connectivity index (χ1) is 4.34. The van der Waals surface area contributed by atoms with Gasteiger partial charge in [-0.15, -0.1) is 0 Å². The van der Waals surface area contributed by atoms with Crippen molar-refractivity contribution in [2.45, 2.75) is 0 Å². The molecule has 0 saturated heterocycles. The SMILES string of the molecule is C=C(CN)c1ccc[nH]1. The zero-order chi connectivity index (χ0) is 6.69. The molecule has 0 radical (unpaired) electrons. The van der Waals surface area contributed by atoms with Gasteiger partial charge in [0.25, 0.3) is 0 Å². The van der Waals surface area contributed by atoms with Gasteiger partial charge in [0.2, 0.25) is 0 Å². The van der Waals surface area contributed by atoms with Crippen LogP contribution in [-0.4, -0.2) is 11.5 Å². The van der Waals surface area contributed by atoms with Crippen LogP contribution >= 0.6 is 0 Å². The monoisotopic (exact) mass is 122 g/mol. The summed E-state index contributed by atoms with van der Waals surface area (Å²) in [5.41, 5.74) is 7.31. The minimum atomic E-state index is 0.514. The maximum absolute atomic E-state index is 5.34. The van der Waals surface area contributed by atoms with Crippen LogP contribution in [0.25, 0.3) is 5.57 Å². The van der Waals surface area contributed by atoms with E-state index < -0.39 is 0 Å². The van der Waals surface area contributed by atoms with Gasteiger partial charge in [0.1, 0.15) is 0 Å². The van der Waals surface area contributed by atoms with Crippen molar-refractivity contribution in [2.75, 3.05) is 6.54 Å². The van der Waals surface area contributed by atoms with Crippen molar-refractivity contribution in [1.29, 1.82) is 0 Å². The molecule has 1 heterocycles. The van der Waals surface area contributed by atoms with Crippen LogP contribution in [0.15, 0.2) is 24.9 Å². The molecule has 2 heteroatoms. The van der Waals surface area contributed by atoms with Crippen molar-refractivity contribution in [3.63, 3.8) is 0 Å². The number of H-pyrrole nitrogens is 1. The van der Waals surface area contributed by atoms with Crippen LogP contribution in [0.4, 0.5) is 0 Å². The molecule has 0 fully saturated rings. The lowest BCUT2D eigenvalue weighted by atomic mass is 10.2. The van der Waals surface area contributed by atoms with Crippen molar-refractivity contribution in [3.8, 4) is 0 Å². The molecule has 0 aliphatic rings. The van der Waals surface area contributed by atoms with E-state index >= 15 is 0 Å². The van der Waals surface area contributed by atoms with Gasteiger partial charge in [-0.05, 0) is 17.7 Å². The standard InChI is InChI=1S/C7H10N2/c1-6(5-8)7-3-2-4-9-7/h2-4,9H,1,5,8H2.